The second kappa shape index (κ2) is 6.13. The Bertz CT molecular complexity index is 728. The summed E-state index contributed by atoms with van der Waals surface area (Å²) in [6.07, 6.45) is 0. The third-order valence-corrected chi connectivity index (χ3v) is 4.36. The fourth-order valence-electron chi connectivity index (χ4n) is 1.90. The summed E-state index contributed by atoms with van der Waals surface area (Å²) in [6.45, 7) is 4.37. The van der Waals surface area contributed by atoms with E-state index in [-0.39, 0.29) is 4.90 Å². The molecule has 0 saturated heterocycles. The van der Waals surface area contributed by atoms with Gasteiger partial charge in [0, 0.05) is 12.2 Å². The number of anilines is 2. The van der Waals surface area contributed by atoms with Gasteiger partial charge in [-0.15, -0.1) is 0 Å². The van der Waals surface area contributed by atoms with E-state index < -0.39 is 15.8 Å². The lowest BCUT2D eigenvalue weighted by atomic mass is 10.2. The molecule has 21 heavy (non-hydrogen) atoms. The summed E-state index contributed by atoms with van der Waals surface area (Å²) in [5.74, 6) is -0.398. The summed E-state index contributed by atoms with van der Waals surface area (Å²) in [5.41, 5.74) is 1.75. The third-order valence-electron chi connectivity index (χ3n) is 2.98. The van der Waals surface area contributed by atoms with Gasteiger partial charge in [-0.3, -0.25) is 4.72 Å². The minimum atomic E-state index is -3.68. The van der Waals surface area contributed by atoms with Crippen LogP contribution in [0.5, 0.6) is 0 Å². The van der Waals surface area contributed by atoms with Crippen molar-refractivity contribution in [2.45, 2.75) is 18.7 Å². The van der Waals surface area contributed by atoms with Crippen LogP contribution in [0.3, 0.4) is 0 Å². The number of nitrogens with one attached hydrogen (secondary N) is 2. The Kier molecular flexibility index (Phi) is 4.47. The lowest BCUT2D eigenvalue weighted by Gasteiger charge is -2.11. The molecule has 0 aromatic heterocycles. The van der Waals surface area contributed by atoms with Gasteiger partial charge in [0.1, 0.15) is 5.82 Å². The van der Waals surface area contributed by atoms with E-state index in [1.807, 2.05) is 6.92 Å². The molecule has 0 saturated carbocycles. The summed E-state index contributed by atoms with van der Waals surface area (Å²) in [6, 6.07) is 10.4. The molecule has 0 amide bonds. The van der Waals surface area contributed by atoms with Crippen LogP contribution in [-0.4, -0.2) is 15.0 Å². The van der Waals surface area contributed by atoms with E-state index in [0.29, 0.717) is 11.3 Å². The van der Waals surface area contributed by atoms with Crippen molar-refractivity contribution in [3.8, 4) is 0 Å². The van der Waals surface area contributed by atoms with Crippen LogP contribution in [0.25, 0.3) is 0 Å². The van der Waals surface area contributed by atoms with E-state index >= 15 is 0 Å². The molecule has 0 bridgehead atoms. The molecule has 2 N–H and O–H groups in total. The van der Waals surface area contributed by atoms with Crippen molar-refractivity contribution in [1.29, 1.82) is 0 Å². The highest BCUT2D eigenvalue weighted by Crippen LogP contribution is 2.21. The normalized spacial score (nSPS) is 11.2. The minimum Gasteiger partial charge on any atom is -0.385 e. The number of rotatable bonds is 5. The van der Waals surface area contributed by atoms with Crippen LogP contribution in [0.4, 0.5) is 15.8 Å². The Morgan fingerprint density at radius 2 is 1.76 bits per heavy atom. The Balaban J connectivity index is 2.25. The van der Waals surface area contributed by atoms with E-state index in [1.54, 1.807) is 19.1 Å². The van der Waals surface area contributed by atoms with Crippen LogP contribution in [0.1, 0.15) is 12.5 Å². The topological polar surface area (TPSA) is 58.2 Å². The Morgan fingerprint density at radius 3 is 2.33 bits per heavy atom. The Hall–Kier alpha value is -2.08. The highest BCUT2D eigenvalue weighted by Gasteiger charge is 2.15. The second-order valence-corrected chi connectivity index (χ2v) is 6.30. The molecular formula is C15H17FN2O2S. The molecule has 112 valence electrons. The molecular weight excluding hydrogens is 291 g/mol. The van der Waals surface area contributed by atoms with Crippen LogP contribution in [0.15, 0.2) is 47.4 Å². The Labute approximate surface area is 124 Å². The Morgan fingerprint density at radius 1 is 1.10 bits per heavy atom. The van der Waals surface area contributed by atoms with E-state index in [2.05, 4.69) is 10.0 Å². The highest BCUT2D eigenvalue weighted by atomic mass is 32.2. The first kappa shape index (κ1) is 15.3. The minimum absolute atomic E-state index is 0.160. The maximum absolute atomic E-state index is 13.0. The van der Waals surface area contributed by atoms with Crippen molar-refractivity contribution < 1.29 is 12.8 Å². The number of hydrogen-bond donors (Lipinski definition) is 2. The number of hydrogen-bond acceptors (Lipinski definition) is 3. The van der Waals surface area contributed by atoms with Gasteiger partial charge in [-0.25, -0.2) is 12.8 Å². The van der Waals surface area contributed by atoms with Gasteiger partial charge >= 0.3 is 0 Å². The predicted molar refractivity (Wildman–Crippen MR) is 82.6 cm³/mol. The summed E-state index contributed by atoms with van der Waals surface area (Å²) in [5, 5.41) is 3.09. The molecule has 6 heteroatoms. The van der Waals surface area contributed by atoms with Gasteiger partial charge in [0.25, 0.3) is 10.0 Å². The molecule has 0 aliphatic carbocycles. The highest BCUT2D eigenvalue weighted by molar-refractivity contribution is 7.92. The smallest absolute Gasteiger partial charge is 0.261 e. The number of benzene rings is 2. The van der Waals surface area contributed by atoms with Crippen LogP contribution < -0.4 is 10.0 Å². The van der Waals surface area contributed by atoms with Crippen molar-refractivity contribution in [3.63, 3.8) is 0 Å². The number of aryl methyl sites for hydroxylation is 1. The fraction of sp³-hybridized carbons (Fsp3) is 0.200. The second-order valence-electron chi connectivity index (χ2n) is 4.62. The molecule has 2 aromatic carbocycles. The van der Waals surface area contributed by atoms with E-state index in [1.165, 1.54) is 30.3 Å². The monoisotopic (exact) mass is 308 g/mol. The van der Waals surface area contributed by atoms with Crippen molar-refractivity contribution in [2.24, 2.45) is 0 Å². The first-order valence-corrected chi connectivity index (χ1v) is 8.03. The lowest BCUT2D eigenvalue weighted by Crippen LogP contribution is -2.13. The van der Waals surface area contributed by atoms with Crippen molar-refractivity contribution in [1.82, 2.24) is 0 Å². The summed E-state index contributed by atoms with van der Waals surface area (Å²) in [7, 11) is -3.68. The average molecular weight is 308 g/mol. The predicted octanol–water partition coefficient (Wildman–Crippen LogP) is 3.37. The molecule has 0 aliphatic rings. The van der Waals surface area contributed by atoms with Crippen molar-refractivity contribution in [3.05, 3.63) is 53.8 Å². The molecule has 2 rings (SSSR count). The standard InChI is InChI=1S/C15H17FN2O2S/c1-3-17-13-5-7-14(8-6-13)21(19,20)18-15-9-4-12(16)10-11(15)2/h4-10,17-18H,3H2,1-2H3. The molecule has 2 aromatic rings. The lowest BCUT2D eigenvalue weighted by molar-refractivity contribution is 0.601. The van der Waals surface area contributed by atoms with Crippen LogP contribution in [0.2, 0.25) is 0 Å². The molecule has 0 fully saturated rings. The largest absolute Gasteiger partial charge is 0.385 e. The third kappa shape index (κ3) is 3.72. The van der Waals surface area contributed by atoms with Crippen molar-refractivity contribution >= 4 is 21.4 Å². The van der Waals surface area contributed by atoms with Crippen molar-refractivity contribution in [2.75, 3.05) is 16.6 Å². The summed E-state index contributed by atoms with van der Waals surface area (Å²) < 4.78 is 40.1. The van der Waals surface area contributed by atoms with Crippen LogP contribution >= 0.6 is 0 Å². The average Bonchev–Trinajstić information content (AvgIpc) is 2.43. The van der Waals surface area contributed by atoms with Gasteiger partial charge in [-0.05, 0) is 61.9 Å². The maximum atomic E-state index is 13.0. The zero-order valence-corrected chi connectivity index (χ0v) is 12.7. The van der Waals surface area contributed by atoms with Crippen LogP contribution in [0, 0.1) is 12.7 Å². The molecule has 0 atom stereocenters. The first-order chi connectivity index (χ1) is 9.92. The van der Waals surface area contributed by atoms with Crippen LogP contribution in [-0.2, 0) is 10.0 Å². The molecule has 0 radical (unpaired) electrons. The summed E-state index contributed by atoms with van der Waals surface area (Å²) >= 11 is 0. The van der Waals surface area contributed by atoms with Gasteiger partial charge < -0.3 is 5.32 Å². The van der Waals surface area contributed by atoms with Gasteiger partial charge in [0.05, 0.1) is 10.6 Å². The number of sulfonamides is 1. The number of halogens is 1. The molecule has 0 unspecified atom stereocenters. The maximum Gasteiger partial charge on any atom is 0.261 e. The quantitative estimate of drug-likeness (QED) is 0.890. The summed E-state index contributed by atoms with van der Waals surface area (Å²) in [4.78, 5) is 0.160. The van der Waals surface area contributed by atoms with Gasteiger partial charge in [0.15, 0.2) is 0 Å². The molecule has 0 spiro atoms. The first-order valence-electron chi connectivity index (χ1n) is 6.55. The molecule has 0 heterocycles. The van der Waals surface area contributed by atoms with E-state index in [9.17, 15) is 12.8 Å². The molecule has 4 nitrogen and oxygen atoms in total. The zero-order chi connectivity index (χ0) is 15.5. The van der Waals surface area contributed by atoms with Gasteiger partial charge in [-0.2, -0.15) is 0 Å². The van der Waals surface area contributed by atoms with Gasteiger partial charge in [0.2, 0.25) is 0 Å². The molecule has 0 aliphatic heterocycles. The van der Waals surface area contributed by atoms with Gasteiger partial charge in [-0.1, -0.05) is 0 Å². The van der Waals surface area contributed by atoms with E-state index in [0.717, 1.165) is 12.2 Å². The zero-order valence-electron chi connectivity index (χ0n) is 11.9. The SMILES string of the molecule is CCNc1ccc(S(=O)(=O)Nc2ccc(F)cc2C)cc1. The fourth-order valence-corrected chi connectivity index (χ4v) is 3.03. The van der Waals surface area contributed by atoms with E-state index in [4.69, 9.17) is 0 Å².